The van der Waals surface area contributed by atoms with Crippen molar-refractivity contribution in [3.63, 3.8) is 0 Å². The van der Waals surface area contributed by atoms with Gasteiger partial charge in [-0.2, -0.15) is 0 Å². The molecule has 1 saturated heterocycles. The van der Waals surface area contributed by atoms with Gasteiger partial charge in [0.05, 0.1) is 6.54 Å². The number of carbonyl (C=O) groups is 1. The zero-order valence-electron chi connectivity index (χ0n) is 13.6. The summed E-state index contributed by atoms with van der Waals surface area (Å²) in [6.07, 6.45) is 4.14. The monoisotopic (exact) mass is 323 g/mol. The minimum Gasteiger partial charge on any atom is -0.489 e. The first-order valence-corrected chi connectivity index (χ1v) is 8.58. The Morgan fingerprint density at radius 3 is 2.75 bits per heavy atom. The van der Waals surface area contributed by atoms with Gasteiger partial charge in [0.15, 0.2) is 6.10 Å². The first kappa shape index (κ1) is 15.1. The quantitative estimate of drug-likeness (QED) is 0.854. The van der Waals surface area contributed by atoms with Crippen molar-refractivity contribution in [2.45, 2.75) is 31.8 Å². The van der Waals surface area contributed by atoms with E-state index >= 15 is 0 Å². The normalized spacial score (nSPS) is 19.8. The fourth-order valence-electron chi connectivity index (χ4n) is 3.49. The Bertz CT molecular complexity index is 729. The molecule has 0 saturated carbocycles. The smallest absolute Gasteiger partial charge is 0.414 e. The lowest BCUT2D eigenvalue weighted by molar-refractivity contribution is 0.104. The summed E-state index contributed by atoms with van der Waals surface area (Å²) in [5.41, 5.74) is 3.59. The van der Waals surface area contributed by atoms with Crippen LogP contribution in [0.1, 0.15) is 24.0 Å². The zero-order valence-corrected chi connectivity index (χ0v) is 13.6. The third kappa shape index (κ3) is 2.96. The second-order valence-corrected chi connectivity index (χ2v) is 6.36. The Balaban J connectivity index is 1.42. The minimum absolute atomic E-state index is 0.239. The van der Waals surface area contributed by atoms with E-state index in [0.717, 1.165) is 24.3 Å². The summed E-state index contributed by atoms with van der Waals surface area (Å²) >= 11 is 0. The number of cyclic esters (lactones) is 1. The molecule has 0 aromatic heterocycles. The number of fused-ring (bicyclic) bond motifs is 1. The maximum Gasteiger partial charge on any atom is 0.414 e. The molecule has 4 rings (SSSR count). The van der Waals surface area contributed by atoms with Crippen LogP contribution in [-0.2, 0) is 17.6 Å². The average molecular weight is 323 g/mol. The highest BCUT2D eigenvalue weighted by atomic mass is 16.6. The molecule has 1 fully saturated rings. The number of anilines is 1. The molecule has 0 spiro atoms. The van der Waals surface area contributed by atoms with Crippen LogP contribution in [0.4, 0.5) is 10.5 Å². The second kappa shape index (κ2) is 6.56. The van der Waals surface area contributed by atoms with Crippen LogP contribution in [0.2, 0.25) is 0 Å². The van der Waals surface area contributed by atoms with Crippen LogP contribution in [-0.4, -0.2) is 25.3 Å². The molecule has 1 unspecified atom stereocenters. The van der Waals surface area contributed by atoms with Gasteiger partial charge >= 0.3 is 6.09 Å². The summed E-state index contributed by atoms with van der Waals surface area (Å²) in [5.74, 6) is 0.946. The largest absolute Gasteiger partial charge is 0.489 e. The molecule has 0 radical (unpaired) electrons. The summed E-state index contributed by atoms with van der Waals surface area (Å²) in [5, 5.41) is 0. The van der Waals surface area contributed by atoms with Gasteiger partial charge in [0.25, 0.3) is 0 Å². The van der Waals surface area contributed by atoms with Crippen LogP contribution in [0.5, 0.6) is 5.75 Å². The maximum atomic E-state index is 12.1. The SMILES string of the molecule is O=C1OC(COc2cccc3c2CCCC3)CN1c1ccccc1. The molecular formula is C20H21NO3. The number of para-hydroxylation sites is 1. The van der Waals surface area contributed by atoms with E-state index in [-0.39, 0.29) is 12.2 Å². The predicted octanol–water partition coefficient (Wildman–Crippen LogP) is 3.97. The lowest BCUT2D eigenvalue weighted by Crippen LogP contribution is -2.26. The van der Waals surface area contributed by atoms with Gasteiger partial charge in [0.2, 0.25) is 0 Å². The van der Waals surface area contributed by atoms with E-state index < -0.39 is 0 Å². The Labute approximate surface area is 142 Å². The van der Waals surface area contributed by atoms with Crippen molar-refractivity contribution in [2.24, 2.45) is 0 Å². The Kier molecular flexibility index (Phi) is 4.11. The van der Waals surface area contributed by atoms with Crippen LogP contribution in [0, 0.1) is 0 Å². The standard InChI is InChI=1S/C20H21NO3/c22-20-21(16-9-2-1-3-10-16)13-17(24-20)14-23-19-12-6-8-15-7-4-5-11-18(15)19/h1-3,6,8-10,12,17H,4-5,7,11,13-14H2. The van der Waals surface area contributed by atoms with Crippen LogP contribution >= 0.6 is 0 Å². The van der Waals surface area contributed by atoms with Crippen LogP contribution in [0.3, 0.4) is 0 Å². The number of aryl methyl sites for hydroxylation is 1. The molecule has 24 heavy (non-hydrogen) atoms. The van der Waals surface area contributed by atoms with Crippen molar-refractivity contribution in [3.05, 3.63) is 59.7 Å². The molecule has 2 aromatic rings. The third-order valence-electron chi connectivity index (χ3n) is 4.72. The van der Waals surface area contributed by atoms with E-state index in [0.29, 0.717) is 13.2 Å². The Hall–Kier alpha value is -2.49. The lowest BCUT2D eigenvalue weighted by atomic mass is 9.91. The highest BCUT2D eigenvalue weighted by Gasteiger charge is 2.32. The van der Waals surface area contributed by atoms with E-state index in [1.165, 1.54) is 24.0 Å². The van der Waals surface area contributed by atoms with E-state index in [4.69, 9.17) is 9.47 Å². The summed E-state index contributed by atoms with van der Waals surface area (Å²) < 4.78 is 11.5. The first-order chi connectivity index (χ1) is 11.8. The van der Waals surface area contributed by atoms with Gasteiger partial charge in [0.1, 0.15) is 12.4 Å². The van der Waals surface area contributed by atoms with Crippen molar-refractivity contribution in [1.29, 1.82) is 0 Å². The molecule has 1 heterocycles. The van der Waals surface area contributed by atoms with E-state index in [1.54, 1.807) is 4.90 Å². The second-order valence-electron chi connectivity index (χ2n) is 6.36. The molecule has 1 aliphatic carbocycles. The molecule has 1 atom stereocenters. The van der Waals surface area contributed by atoms with Gasteiger partial charge in [-0.3, -0.25) is 4.90 Å². The number of amides is 1. The van der Waals surface area contributed by atoms with Crippen LogP contribution in [0.15, 0.2) is 48.5 Å². The molecule has 2 aliphatic rings. The van der Waals surface area contributed by atoms with Gasteiger partial charge < -0.3 is 9.47 Å². The minimum atomic E-state index is -0.301. The van der Waals surface area contributed by atoms with Gasteiger partial charge in [-0.15, -0.1) is 0 Å². The predicted molar refractivity (Wildman–Crippen MR) is 92.6 cm³/mol. The van der Waals surface area contributed by atoms with Crippen molar-refractivity contribution in [3.8, 4) is 5.75 Å². The third-order valence-corrected chi connectivity index (χ3v) is 4.72. The number of nitrogens with zero attached hydrogens (tertiary/aromatic N) is 1. The molecule has 2 aromatic carbocycles. The Morgan fingerprint density at radius 2 is 1.88 bits per heavy atom. The van der Waals surface area contributed by atoms with Crippen molar-refractivity contribution < 1.29 is 14.3 Å². The molecule has 4 nitrogen and oxygen atoms in total. The molecule has 0 N–H and O–H groups in total. The van der Waals surface area contributed by atoms with Crippen molar-refractivity contribution in [2.75, 3.05) is 18.1 Å². The van der Waals surface area contributed by atoms with Crippen molar-refractivity contribution >= 4 is 11.8 Å². The maximum absolute atomic E-state index is 12.1. The molecule has 1 amide bonds. The number of benzene rings is 2. The highest BCUT2D eigenvalue weighted by Crippen LogP contribution is 2.30. The van der Waals surface area contributed by atoms with Crippen LogP contribution in [0.25, 0.3) is 0 Å². The number of ether oxygens (including phenoxy) is 2. The fourth-order valence-corrected chi connectivity index (χ4v) is 3.49. The van der Waals surface area contributed by atoms with Gasteiger partial charge in [-0.1, -0.05) is 30.3 Å². The van der Waals surface area contributed by atoms with Crippen LogP contribution < -0.4 is 9.64 Å². The molecule has 1 aliphatic heterocycles. The number of rotatable bonds is 4. The lowest BCUT2D eigenvalue weighted by Gasteiger charge is -2.20. The molecular weight excluding hydrogens is 302 g/mol. The fraction of sp³-hybridized carbons (Fsp3) is 0.350. The van der Waals surface area contributed by atoms with E-state index in [2.05, 4.69) is 12.1 Å². The summed E-state index contributed by atoms with van der Waals surface area (Å²) in [6, 6.07) is 15.9. The highest BCUT2D eigenvalue weighted by molar-refractivity contribution is 5.89. The number of carbonyl (C=O) groups excluding carboxylic acids is 1. The van der Waals surface area contributed by atoms with Gasteiger partial charge in [0, 0.05) is 5.69 Å². The number of hydrogen-bond donors (Lipinski definition) is 0. The molecule has 124 valence electrons. The Morgan fingerprint density at radius 1 is 1.04 bits per heavy atom. The summed E-state index contributed by atoms with van der Waals surface area (Å²) in [7, 11) is 0. The summed E-state index contributed by atoms with van der Waals surface area (Å²) in [6.45, 7) is 0.920. The van der Waals surface area contributed by atoms with Gasteiger partial charge in [-0.05, 0) is 55.0 Å². The molecule has 4 heteroatoms. The van der Waals surface area contributed by atoms with Gasteiger partial charge in [-0.25, -0.2) is 4.79 Å². The van der Waals surface area contributed by atoms with E-state index in [9.17, 15) is 4.79 Å². The zero-order chi connectivity index (χ0) is 16.4. The topological polar surface area (TPSA) is 38.8 Å². The summed E-state index contributed by atoms with van der Waals surface area (Å²) in [4.78, 5) is 13.7. The number of hydrogen-bond acceptors (Lipinski definition) is 3. The van der Waals surface area contributed by atoms with E-state index in [1.807, 2.05) is 36.4 Å². The molecule has 0 bridgehead atoms. The average Bonchev–Trinajstić information content (AvgIpc) is 3.01. The van der Waals surface area contributed by atoms with Crippen molar-refractivity contribution in [1.82, 2.24) is 0 Å². The first-order valence-electron chi connectivity index (χ1n) is 8.58.